The molecule has 2 aliphatic heterocycles. The second-order valence-corrected chi connectivity index (χ2v) is 8.13. The lowest BCUT2D eigenvalue weighted by atomic mass is 9.96. The molecule has 0 spiro atoms. The predicted molar refractivity (Wildman–Crippen MR) is 121 cm³/mol. The Morgan fingerprint density at radius 3 is 2.64 bits per heavy atom. The first-order valence-electron chi connectivity index (χ1n) is 11.0. The van der Waals surface area contributed by atoms with Crippen LogP contribution in [-0.4, -0.2) is 53.9 Å². The Balaban J connectivity index is 1.25. The monoisotopic (exact) mass is 447 g/mol. The number of hydrogen-bond acceptors (Lipinski definition) is 7. The number of amides is 3. The van der Waals surface area contributed by atoms with Crippen LogP contribution in [0, 0.1) is 17.2 Å². The first kappa shape index (κ1) is 22.2. The molecule has 3 amide bonds. The quantitative estimate of drug-likeness (QED) is 0.663. The molecule has 2 fully saturated rings. The number of nitrogens with one attached hydrogen (secondary N) is 2. The summed E-state index contributed by atoms with van der Waals surface area (Å²) in [5.41, 5.74) is 1.49. The highest BCUT2D eigenvalue weighted by Gasteiger charge is 2.25. The zero-order chi connectivity index (χ0) is 23.2. The van der Waals surface area contributed by atoms with E-state index < -0.39 is 11.8 Å². The molecule has 2 saturated heterocycles. The number of hydrogen-bond donors (Lipinski definition) is 2. The van der Waals surface area contributed by atoms with Crippen LogP contribution in [0.4, 0.5) is 17.2 Å². The lowest BCUT2D eigenvalue weighted by molar-refractivity contribution is -0.136. The molecule has 33 heavy (non-hydrogen) atoms. The van der Waals surface area contributed by atoms with Crippen molar-refractivity contribution in [2.45, 2.75) is 25.7 Å². The molecule has 10 nitrogen and oxygen atoms in total. The number of benzene rings is 1. The van der Waals surface area contributed by atoms with Crippen LogP contribution >= 0.6 is 0 Å². The molecule has 0 saturated carbocycles. The first-order chi connectivity index (χ1) is 16.0. The predicted octanol–water partition coefficient (Wildman–Crippen LogP) is 1.45. The Bertz CT molecular complexity index is 1090. The van der Waals surface area contributed by atoms with Gasteiger partial charge >= 0.3 is 11.8 Å². The van der Waals surface area contributed by atoms with E-state index in [0.717, 1.165) is 19.3 Å². The zero-order valence-electron chi connectivity index (χ0n) is 18.2. The van der Waals surface area contributed by atoms with E-state index in [2.05, 4.69) is 26.7 Å². The Hall–Kier alpha value is -4.00. The number of anilines is 3. The van der Waals surface area contributed by atoms with Gasteiger partial charge in [-0.05, 0) is 43.4 Å². The van der Waals surface area contributed by atoms with Crippen LogP contribution in [0.25, 0.3) is 0 Å². The van der Waals surface area contributed by atoms with Crippen molar-refractivity contribution in [1.82, 2.24) is 15.3 Å². The van der Waals surface area contributed by atoms with Gasteiger partial charge in [-0.15, -0.1) is 0 Å². The van der Waals surface area contributed by atoms with E-state index in [9.17, 15) is 19.6 Å². The lowest BCUT2D eigenvalue weighted by Gasteiger charge is -2.32. The second-order valence-electron chi connectivity index (χ2n) is 8.13. The number of aromatic nitrogens is 2. The van der Waals surface area contributed by atoms with Gasteiger partial charge in [0.25, 0.3) is 0 Å². The normalized spacial score (nSPS) is 16.4. The van der Waals surface area contributed by atoms with Gasteiger partial charge in [0, 0.05) is 56.4 Å². The Kier molecular flexibility index (Phi) is 6.78. The third kappa shape index (κ3) is 5.26. The van der Waals surface area contributed by atoms with Gasteiger partial charge in [-0.3, -0.25) is 14.4 Å². The van der Waals surface area contributed by atoms with E-state index in [1.54, 1.807) is 29.3 Å². The molecule has 0 atom stereocenters. The third-order valence-corrected chi connectivity index (χ3v) is 5.95. The molecular weight excluding hydrogens is 422 g/mol. The number of piperidine rings is 1. The second kappa shape index (κ2) is 10.1. The van der Waals surface area contributed by atoms with E-state index in [1.165, 1.54) is 6.20 Å². The molecule has 1 aromatic heterocycles. The highest BCUT2D eigenvalue weighted by Crippen LogP contribution is 2.25. The highest BCUT2D eigenvalue weighted by molar-refractivity contribution is 6.39. The van der Waals surface area contributed by atoms with Gasteiger partial charge in [0.1, 0.15) is 6.07 Å². The fourth-order valence-corrected chi connectivity index (χ4v) is 4.17. The van der Waals surface area contributed by atoms with Crippen LogP contribution in [0.1, 0.15) is 31.4 Å². The molecule has 170 valence electrons. The van der Waals surface area contributed by atoms with Crippen LogP contribution in [0.5, 0.6) is 0 Å². The van der Waals surface area contributed by atoms with E-state index in [-0.39, 0.29) is 11.8 Å². The van der Waals surface area contributed by atoms with Crippen LogP contribution in [0.2, 0.25) is 0 Å². The molecule has 10 heteroatoms. The molecule has 0 unspecified atom stereocenters. The average Bonchev–Trinajstić information content (AvgIpc) is 3.28. The number of carbonyl (C=O) groups is 3. The first-order valence-corrected chi connectivity index (χ1v) is 11.0. The molecule has 0 bridgehead atoms. The van der Waals surface area contributed by atoms with Crippen molar-refractivity contribution in [3.8, 4) is 6.07 Å². The van der Waals surface area contributed by atoms with Crippen molar-refractivity contribution in [3.63, 3.8) is 0 Å². The van der Waals surface area contributed by atoms with Crippen LogP contribution < -0.4 is 20.4 Å². The molecular formula is C23H25N7O3. The summed E-state index contributed by atoms with van der Waals surface area (Å²) < 4.78 is 0. The summed E-state index contributed by atoms with van der Waals surface area (Å²) in [7, 11) is 0. The largest absolute Gasteiger partial charge is 0.354 e. The van der Waals surface area contributed by atoms with Gasteiger partial charge in [-0.25, -0.2) is 9.97 Å². The summed E-state index contributed by atoms with van der Waals surface area (Å²) >= 11 is 0. The molecule has 2 aromatic rings. The minimum atomic E-state index is -0.740. The van der Waals surface area contributed by atoms with Crippen molar-refractivity contribution in [1.29, 1.82) is 5.26 Å². The summed E-state index contributed by atoms with van der Waals surface area (Å²) in [4.78, 5) is 48.6. The van der Waals surface area contributed by atoms with Gasteiger partial charge in [0.2, 0.25) is 5.91 Å². The van der Waals surface area contributed by atoms with Crippen molar-refractivity contribution in [2.24, 2.45) is 5.92 Å². The maximum atomic E-state index is 12.3. The zero-order valence-corrected chi connectivity index (χ0v) is 18.2. The number of nitrogens with zero attached hydrogens (tertiary/aromatic N) is 5. The van der Waals surface area contributed by atoms with Crippen LogP contribution in [0.3, 0.4) is 0 Å². The molecule has 0 radical (unpaired) electrons. The summed E-state index contributed by atoms with van der Waals surface area (Å²) in [6, 6.07) is 9.01. The van der Waals surface area contributed by atoms with Crippen molar-refractivity contribution in [2.75, 3.05) is 41.3 Å². The van der Waals surface area contributed by atoms with Crippen molar-refractivity contribution >= 4 is 34.9 Å². The molecule has 2 N–H and O–H groups in total. The van der Waals surface area contributed by atoms with E-state index in [1.807, 2.05) is 11.0 Å². The van der Waals surface area contributed by atoms with E-state index >= 15 is 0 Å². The van der Waals surface area contributed by atoms with E-state index in [0.29, 0.717) is 55.5 Å². The van der Waals surface area contributed by atoms with E-state index in [4.69, 9.17) is 0 Å². The minimum Gasteiger partial charge on any atom is -0.354 e. The highest BCUT2D eigenvalue weighted by atomic mass is 16.2. The lowest BCUT2D eigenvalue weighted by Crippen LogP contribution is -2.42. The summed E-state index contributed by atoms with van der Waals surface area (Å²) in [6.45, 7) is 2.45. The molecule has 2 aliphatic rings. The topological polar surface area (TPSA) is 131 Å². The standard InChI is InChI=1S/C23H25N7O3/c24-14-19-21(26-9-8-25-19)29-11-6-16(7-12-29)15-27-22(32)23(33)28-17-3-1-4-18(13-17)30-10-2-5-20(30)31/h1,3-4,8-9,13,16H,2,5-7,10-12,15H2,(H,27,32)(H,28,33). The van der Waals surface area contributed by atoms with Gasteiger partial charge in [-0.2, -0.15) is 5.26 Å². The summed E-state index contributed by atoms with van der Waals surface area (Å²) in [5.74, 6) is -0.564. The van der Waals surface area contributed by atoms with Gasteiger partial charge in [0.05, 0.1) is 0 Å². The van der Waals surface area contributed by atoms with Gasteiger partial charge < -0.3 is 20.4 Å². The maximum absolute atomic E-state index is 12.3. The third-order valence-electron chi connectivity index (χ3n) is 5.95. The Morgan fingerprint density at radius 1 is 1.12 bits per heavy atom. The number of carbonyl (C=O) groups excluding carboxylic acids is 3. The SMILES string of the molecule is N#Cc1nccnc1N1CCC(CNC(=O)C(=O)Nc2cccc(N3CCCC3=O)c2)CC1. The Labute approximate surface area is 191 Å². The summed E-state index contributed by atoms with van der Waals surface area (Å²) in [6.07, 6.45) is 6.01. The maximum Gasteiger partial charge on any atom is 0.313 e. The van der Waals surface area contributed by atoms with Crippen LogP contribution in [0.15, 0.2) is 36.7 Å². The molecule has 1 aromatic carbocycles. The minimum absolute atomic E-state index is 0.0606. The smallest absolute Gasteiger partial charge is 0.313 e. The fraction of sp³-hybridized carbons (Fsp3) is 0.391. The number of nitriles is 1. The van der Waals surface area contributed by atoms with Gasteiger partial charge in [-0.1, -0.05) is 6.07 Å². The molecule has 4 rings (SSSR count). The van der Waals surface area contributed by atoms with Gasteiger partial charge in [0.15, 0.2) is 11.5 Å². The Morgan fingerprint density at radius 2 is 1.91 bits per heavy atom. The fourth-order valence-electron chi connectivity index (χ4n) is 4.17. The average molecular weight is 447 g/mol. The van der Waals surface area contributed by atoms with Crippen LogP contribution in [-0.2, 0) is 14.4 Å². The van der Waals surface area contributed by atoms with Crippen molar-refractivity contribution < 1.29 is 14.4 Å². The number of rotatable bonds is 5. The molecule has 3 heterocycles. The van der Waals surface area contributed by atoms with Crippen molar-refractivity contribution in [3.05, 3.63) is 42.4 Å². The molecule has 0 aliphatic carbocycles. The summed E-state index contributed by atoms with van der Waals surface area (Å²) in [5, 5.41) is 14.5.